The molecular weight excluding hydrogens is 274 g/mol. The maximum absolute atomic E-state index is 10.9. The van der Waals surface area contributed by atoms with Crippen LogP contribution in [0.1, 0.15) is 16.1 Å². The summed E-state index contributed by atoms with van der Waals surface area (Å²) in [7, 11) is 0. The van der Waals surface area contributed by atoms with Gasteiger partial charge in [0.2, 0.25) is 0 Å². The molecule has 106 valence electrons. The summed E-state index contributed by atoms with van der Waals surface area (Å²) >= 11 is 0. The highest BCUT2D eigenvalue weighted by atomic mass is 16.5. The van der Waals surface area contributed by atoms with Crippen molar-refractivity contribution in [2.24, 2.45) is 0 Å². The van der Waals surface area contributed by atoms with Gasteiger partial charge < -0.3 is 14.3 Å². The third kappa shape index (κ3) is 2.76. The maximum Gasteiger partial charge on any atom is 0.339 e. The van der Waals surface area contributed by atoms with Crippen LogP contribution in [-0.4, -0.2) is 25.8 Å². The monoisotopic (exact) mass is 285 g/mol. The van der Waals surface area contributed by atoms with Crippen LogP contribution in [0.25, 0.3) is 5.69 Å². The first kappa shape index (κ1) is 12.9. The number of hydrogen-bond acceptors (Lipinski definition) is 5. The molecule has 7 nitrogen and oxygen atoms in total. The quantitative estimate of drug-likeness (QED) is 0.772. The summed E-state index contributed by atoms with van der Waals surface area (Å²) in [5, 5.41) is 13.1. The third-order valence-corrected chi connectivity index (χ3v) is 2.80. The molecule has 1 aromatic carbocycles. The van der Waals surface area contributed by atoms with Gasteiger partial charge in [0.05, 0.1) is 12.0 Å². The Hall–Kier alpha value is -3.09. The van der Waals surface area contributed by atoms with E-state index in [2.05, 4.69) is 10.1 Å². The lowest BCUT2D eigenvalue weighted by Crippen LogP contribution is -2.03. The highest BCUT2D eigenvalue weighted by molar-refractivity contribution is 5.88. The second kappa shape index (κ2) is 5.49. The zero-order valence-electron chi connectivity index (χ0n) is 10.8. The Bertz CT molecular complexity index is 748. The predicted octanol–water partition coefficient (Wildman–Crippen LogP) is 2.14. The van der Waals surface area contributed by atoms with Crippen LogP contribution in [0.3, 0.4) is 0 Å². The Morgan fingerprint density at radius 3 is 2.86 bits per heavy atom. The second-order valence-corrected chi connectivity index (χ2v) is 4.16. The first-order valence-electron chi connectivity index (χ1n) is 6.13. The fourth-order valence-electron chi connectivity index (χ4n) is 1.79. The molecule has 0 aliphatic carbocycles. The number of aromatic nitrogens is 3. The van der Waals surface area contributed by atoms with Gasteiger partial charge in [-0.25, -0.2) is 9.48 Å². The minimum absolute atomic E-state index is 0.0482. The van der Waals surface area contributed by atoms with Gasteiger partial charge in [0.25, 0.3) is 0 Å². The van der Waals surface area contributed by atoms with E-state index >= 15 is 0 Å². The number of carboxylic acids is 1. The average Bonchev–Trinajstić information content (AvgIpc) is 3.15. The molecule has 2 aromatic heterocycles. The molecule has 2 heterocycles. The number of carbonyl (C=O) groups is 1. The van der Waals surface area contributed by atoms with E-state index in [4.69, 9.17) is 14.3 Å². The summed E-state index contributed by atoms with van der Waals surface area (Å²) in [6, 6.07) is 11.0. The Morgan fingerprint density at radius 1 is 1.29 bits per heavy atom. The van der Waals surface area contributed by atoms with Crippen molar-refractivity contribution in [3.63, 3.8) is 0 Å². The van der Waals surface area contributed by atoms with E-state index < -0.39 is 5.97 Å². The summed E-state index contributed by atoms with van der Waals surface area (Å²) in [6.45, 7) is -0.0482. The topological polar surface area (TPSA) is 90.4 Å². The normalized spacial score (nSPS) is 10.5. The molecule has 0 amide bonds. The molecule has 0 unspecified atom stereocenters. The summed E-state index contributed by atoms with van der Waals surface area (Å²) in [4.78, 5) is 14.9. The molecule has 3 rings (SSSR count). The number of benzene rings is 1. The van der Waals surface area contributed by atoms with Gasteiger partial charge in [-0.15, -0.1) is 5.10 Å². The van der Waals surface area contributed by atoms with Gasteiger partial charge in [0, 0.05) is 0 Å². The molecule has 0 aliphatic heterocycles. The Morgan fingerprint density at radius 2 is 2.10 bits per heavy atom. The van der Waals surface area contributed by atoms with Crippen molar-refractivity contribution in [1.82, 2.24) is 14.8 Å². The van der Waals surface area contributed by atoms with Gasteiger partial charge in [0.15, 0.2) is 12.4 Å². The number of ether oxygens (including phenoxy) is 1. The van der Waals surface area contributed by atoms with Crippen LogP contribution in [0, 0.1) is 0 Å². The van der Waals surface area contributed by atoms with Crippen molar-refractivity contribution < 1.29 is 19.1 Å². The molecule has 0 saturated carbocycles. The van der Waals surface area contributed by atoms with E-state index in [1.807, 2.05) is 30.3 Å². The molecule has 1 N–H and O–H groups in total. The SMILES string of the molecule is O=C(O)c1ccoc1COc1ncn(-c2ccccc2)n1. The van der Waals surface area contributed by atoms with Crippen LogP contribution in [0.2, 0.25) is 0 Å². The summed E-state index contributed by atoms with van der Waals surface area (Å²) in [5.74, 6) is -0.844. The van der Waals surface area contributed by atoms with Crippen LogP contribution in [-0.2, 0) is 6.61 Å². The number of para-hydroxylation sites is 1. The van der Waals surface area contributed by atoms with Crippen LogP contribution in [0.15, 0.2) is 53.4 Å². The number of carboxylic acid groups (broad SMARTS) is 1. The third-order valence-electron chi connectivity index (χ3n) is 2.80. The molecule has 0 radical (unpaired) electrons. The number of furan rings is 1. The maximum atomic E-state index is 10.9. The lowest BCUT2D eigenvalue weighted by molar-refractivity contribution is 0.0691. The van der Waals surface area contributed by atoms with Gasteiger partial charge in [-0.3, -0.25) is 0 Å². The minimum Gasteiger partial charge on any atom is -0.478 e. The fraction of sp³-hybridized carbons (Fsp3) is 0.0714. The lowest BCUT2D eigenvalue weighted by atomic mass is 10.2. The summed E-state index contributed by atoms with van der Waals surface area (Å²) in [6.07, 6.45) is 2.82. The van der Waals surface area contributed by atoms with Crippen molar-refractivity contribution in [2.75, 3.05) is 0 Å². The molecule has 0 atom stereocenters. The Kier molecular flexibility index (Phi) is 3.38. The lowest BCUT2D eigenvalue weighted by Gasteiger charge is -2.00. The van der Waals surface area contributed by atoms with E-state index in [0.717, 1.165) is 5.69 Å². The van der Waals surface area contributed by atoms with Crippen molar-refractivity contribution in [2.45, 2.75) is 6.61 Å². The molecule has 7 heteroatoms. The van der Waals surface area contributed by atoms with Gasteiger partial charge in [-0.05, 0) is 18.2 Å². The van der Waals surface area contributed by atoms with E-state index in [-0.39, 0.29) is 23.9 Å². The van der Waals surface area contributed by atoms with E-state index in [0.29, 0.717) is 0 Å². The van der Waals surface area contributed by atoms with Crippen LogP contribution < -0.4 is 4.74 Å². The first-order valence-corrected chi connectivity index (χ1v) is 6.13. The van der Waals surface area contributed by atoms with E-state index in [9.17, 15) is 4.79 Å². The van der Waals surface area contributed by atoms with Crippen molar-refractivity contribution >= 4 is 5.97 Å². The minimum atomic E-state index is -1.06. The Labute approximate surface area is 119 Å². The van der Waals surface area contributed by atoms with Crippen molar-refractivity contribution in [1.29, 1.82) is 0 Å². The molecule has 0 fully saturated rings. The van der Waals surface area contributed by atoms with E-state index in [1.165, 1.54) is 18.7 Å². The van der Waals surface area contributed by atoms with Gasteiger partial charge in [-0.2, -0.15) is 4.98 Å². The smallest absolute Gasteiger partial charge is 0.339 e. The number of rotatable bonds is 5. The molecule has 0 saturated heterocycles. The Balaban J connectivity index is 1.71. The van der Waals surface area contributed by atoms with E-state index in [1.54, 1.807) is 4.68 Å². The highest BCUT2D eigenvalue weighted by Gasteiger charge is 2.14. The van der Waals surface area contributed by atoms with Crippen LogP contribution >= 0.6 is 0 Å². The number of nitrogens with zero attached hydrogens (tertiary/aromatic N) is 3. The average molecular weight is 285 g/mol. The van der Waals surface area contributed by atoms with Gasteiger partial charge in [-0.1, -0.05) is 18.2 Å². The van der Waals surface area contributed by atoms with Crippen molar-refractivity contribution in [3.8, 4) is 11.7 Å². The second-order valence-electron chi connectivity index (χ2n) is 4.16. The molecular formula is C14H11N3O4. The largest absolute Gasteiger partial charge is 0.478 e. The molecule has 3 aromatic rings. The standard InChI is InChI=1S/C14H11N3O4/c18-13(19)11-6-7-20-12(11)8-21-14-15-9-17(16-14)10-4-2-1-3-5-10/h1-7,9H,8H2,(H,18,19). The van der Waals surface area contributed by atoms with Gasteiger partial charge in [0.1, 0.15) is 11.9 Å². The van der Waals surface area contributed by atoms with Gasteiger partial charge >= 0.3 is 12.0 Å². The van der Waals surface area contributed by atoms with Crippen molar-refractivity contribution in [3.05, 3.63) is 60.3 Å². The van der Waals surface area contributed by atoms with Crippen LogP contribution in [0.5, 0.6) is 6.01 Å². The zero-order valence-corrected chi connectivity index (χ0v) is 10.8. The molecule has 21 heavy (non-hydrogen) atoms. The molecule has 0 aliphatic rings. The number of hydrogen-bond donors (Lipinski definition) is 1. The highest BCUT2D eigenvalue weighted by Crippen LogP contribution is 2.14. The predicted molar refractivity (Wildman–Crippen MR) is 71.4 cm³/mol. The fourth-order valence-corrected chi connectivity index (χ4v) is 1.79. The summed E-state index contributed by atoms with van der Waals surface area (Å²) < 4.78 is 12.0. The zero-order chi connectivity index (χ0) is 14.7. The summed E-state index contributed by atoms with van der Waals surface area (Å²) in [5.41, 5.74) is 0.918. The van der Waals surface area contributed by atoms with Crippen LogP contribution in [0.4, 0.5) is 0 Å². The first-order chi connectivity index (χ1) is 10.2. The molecule has 0 spiro atoms. The molecule has 0 bridgehead atoms. The number of aromatic carboxylic acids is 1.